The van der Waals surface area contributed by atoms with Crippen molar-refractivity contribution in [1.29, 1.82) is 5.26 Å². The number of nitrogens with zero attached hydrogens (tertiary/aromatic N) is 1. The fourth-order valence-corrected chi connectivity index (χ4v) is 1.62. The molecule has 1 amide bonds. The van der Waals surface area contributed by atoms with E-state index >= 15 is 0 Å². The van der Waals surface area contributed by atoms with E-state index in [0.717, 1.165) is 12.8 Å². The fraction of sp³-hybridized carbons (Fsp3) is 0.467. The van der Waals surface area contributed by atoms with Crippen LogP contribution in [-0.4, -0.2) is 18.6 Å². The minimum Gasteiger partial charge on any atom is -0.494 e. The molecular formula is C15H20N2O2. The van der Waals surface area contributed by atoms with Gasteiger partial charge in [-0.2, -0.15) is 5.26 Å². The zero-order valence-corrected chi connectivity index (χ0v) is 11.5. The Bertz CT molecular complexity index is 452. The SMILES string of the molecule is CCCOc1cccc(C(=O)NC(CC)CC#N)c1. The number of benzene rings is 1. The molecule has 0 fully saturated rings. The number of ether oxygens (including phenoxy) is 1. The number of nitrogens with one attached hydrogen (secondary N) is 1. The van der Waals surface area contributed by atoms with Gasteiger partial charge in [-0.05, 0) is 31.0 Å². The summed E-state index contributed by atoms with van der Waals surface area (Å²) in [5, 5.41) is 11.5. The molecule has 1 aromatic carbocycles. The van der Waals surface area contributed by atoms with Gasteiger partial charge in [0, 0.05) is 11.6 Å². The first-order valence-electron chi connectivity index (χ1n) is 6.61. The van der Waals surface area contributed by atoms with Crippen molar-refractivity contribution in [2.45, 2.75) is 39.2 Å². The first kappa shape index (κ1) is 15.0. The van der Waals surface area contributed by atoms with Gasteiger partial charge in [0.15, 0.2) is 0 Å². The molecule has 1 rings (SSSR count). The lowest BCUT2D eigenvalue weighted by Gasteiger charge is -2.14. The molecular weight excluding hydrogens is 240 g/mol. The molecule has 0 spiro atoms. The van der Waals surface area contributed by atoms with Crippen molar-refractivity contribution in [2.75, 3.05) is 6.61 Å². The number of carbonyl (C=O) groups excluding carboxylic acids is 1. The lowest BCUT2D eigenvalue weighted by Crippen LogP contribution is -2.34. The van der Waals surface area contributed by atoms with Crippen LogP contribution in [0.5, 0.6) is 5.75 Å². The van der Waals surface area contributed by atoms with Crippen LogP contribution in [0.1, 0.15) is 43.5 Å². The average molecular weight is 260 g/mol. The maximum absolute atomic E-state index is 12.0. The highest BCUT2D eigenvalue weighted by atomic mass is 16.5. The van der Waals surface area contributed by atoms with E-state index in [1.807, 2.05) is 19.9 Å². The molecule has 1 atom stereocenters. The fourth-order valence-electron chi connectivity index (χ4n) is 1.62. The summed E-state index contributed by atoms with van der Waals surface area (Å²) in [4.78, 5) is 12.0. The van der Waals surface area contributed by atoms with Crippen LogP contribution in [0.25, 0.3) is 0 Å². The van der Waals surface area contributed by atoms with Crippen molar-refractivity contribution in [2.24, 2.45) is 0 Å². The third-order valence-corrected chi connectivity index (χ3v) is 2.73. The van der Waals surface area contributed by atoms with Crippen molar-refractivity contribution in [3.05, 3.63) is 29.8 Å². The van der Waals surface area contributed by atoms with E-state index in [2.05, 4.69) is 11.4 Å². The monoisotopic (exact) mass is 260 g/mol. The highest BCUT2D eigenvalue weighted by Crippen LogP contribution is 2.14. The Hall–Kier alpha value is -2.02. The van der Waals surface area contributed by atoms with Crippen LogP contribution in [0.2, 0.25) is 0 Å². The molecule has 102 valence electrons. The van der Waals surface area contributed by atoms with Crippen molar-refractivity contribution in [1.82, 2.24) is 5.32 Å². The van der Waals surface area contributed by atoms with E-state index in [-0.39, 0.29) is 11.9 Å². The highest BCUT2D eigenvalue weighted by molar-refractivity contribution is 5.94. The summed E-state index contributed by atoms with van der Waals surface area (Å²) < 4.78 is 5.49. The van der Waals surface area contributed by atoms with Crippen molar-refractivity contribution in [3.63, 3.8) is 0 Å². The molecule has 0 saturated heterocycles. The highest BCUT2D eigenvalue weighted by Gasteiger charge is 2.12. The number of carbonyl (C=O) groups is 1. The molecule has 0 radical (unpaired) electrons. The molecule has 19 heavy (non-hydrogen) atoms. The first-order chi connectivity index (χ1) is 9.21. The number of nitriles is 1. The minimum absolute atomic E-state index is 0.0993. The molecule has 1 aromatic rings. The summed E-state index contributed by atoms with van der Waals surface area (Å²) in [7, 11) is 0. The van der Waals surface area contributed by atoms with Crippen LogP contribution < -0.4 is 10.1 Å². The van der Waals surface area contributed by atoms with Crippen LogP contribution in [0.4, 0.5) is 0 Å². The Labute approximate surface area is 114 Å². The van der Waals surface area contributed by atoms with Gasteiger partial charge in [-0.15, -0.1) is 0 Å². The summed E-state index contributed by atoms with van der Waals surface area (Å²) >= 11 is 0. The van der Waals surface area contributed by atoms with Crippen molar-refractivity contribution < 1.29 is 9.53 Å². The van der Waals surface area contributed by atoms with Crippen LogP contribution in [-0.2, 0) is 0 Å². The van der Waals surface area contributed by atoms with Gasteiger partial charge >= 0.3 is 0 Å². The van der Waals surface area contributed by atoms with Gasteiger partial charge in [0.05, 0.1) is 19.1 Å². The van der Waals surface area contributed by atoms with Gasteiger partial charge in [-0.3, -0.25) is 4.79 Å². The molecule has 0 aliphatic rings. The molecule has 4 nitrogen and oxygen atoms in total. The second-order valence-electron chi connectivity index (χ2n) is 4.32. The molecule has 4 heteroatoms. The number of hydrogen-bond acceptors (Lipinski definition) is 3. The Kier molecular flexibility index (Phi) is 6.45. The van der Waals surface area contributed by atoms with Crippen molar-refractivity contribution in [3.8, 4) is 11.8 Å². The van der Waals surface area contributed by atoms with Gasteiger partial charge < -0.3 is 10.1 Å². The third kappa shape index (κ3) is 5.01. The number of amides is 1. The Morgan fingerprint density at radius 3 is 2.89 bits per heavy atom. The molecule has 1 N–H and O–H groups in total. The first-order valence-corrected chi connectivity index (χ1v) is 6.61. The van der Waals surface area contributed by atoms with Gasteiger partial charge in [0.1, 0.15) is 5.75 Å². The molecule has 1 unspecified atom stereocenters. The minimum atomic E-state index is -0.163. The summed E-state index contributed by atoms with van der Waals surface area (Å²) in [6.45, 7) is 4.62. The molecule has 0 aromatic heterocycles. The molecule has 0 saturated carbocycles. The number of rotatable bonds is 7. The van der Waals surface area contributed by atoms with Gasteiger partial charge in [-0.1, -0.05) is 19.9 Å². The van der Waals surface area contributed by atoms with Crippen LogP contribution >= 0.6 is 0 Å². The standard InChI is InChI=1S/C15H20N2O2/c1-3-10-19-14-7-5-6-12(11-14)15(18)17-13(4-2)8-9-16/h5-7,11,13H,3-4,8,10H2,1-2H3,(H,17,18). The van der Waals surface area contributed by atoms with Crippen LogP contribution in [0, 0.1) is 11.3 Å². The topological polar surface area (TPSA) is 62.1 Å². The van der Waals surface area contributed by atoms with Crippen LogP contribution in [0.15, 0.2) is 24.3 Å². The van der Waals surface area contributed by atoms with E-state index in [9.17, 15) is 4.79 Å². The van der Waals surface area contributed by atoms with Crippen molar-refractivity contribution >= 4 is 5.91 Å². The maximum atomic E-state index is 12.0. The summed E-state index contributed by atoms with van der Waals surface area (Å²) in [6, 6.07) is 9.07. The summed E-state index contributed by atoms with van der Waals surface area (Å²) in [6.07, 6.45) is 2.00. The third-order valence-electron chi connectivity index (χ3n) is 2.73. The zero-order chi connectivity index (χ0) is 14.1. The predicted octanol–water partition coefficient (Wildman–Crippen LogP) is 2.90. The molecule has 0 bridgehead atoms. The Morgan fingerprint density at radius 1 is 1.47 bits per heavy atom. The molecule has 0 aliphatic heterocycles. The van der Waals surface area contributed by atoms with Crippen LogP contribution in [0.3, 0.4) is 0 Å². The second kappa shape index (κ2) is 8.15. The van der Waals surface area contributed by atoms with Gasteiger partial charge in [0.2, 0.25) is 0 Å². The summed E-state index contributed by atoms with van der Waals surface area (Å²) in [5.41, 5.74) is 0.560. The van der Waals surface area contributed by atoms with E-state index in [0.29, 0.717) is 24.3 Å². The van der Waals surface area contributed by atoms with E-state index < -0.39 is 0 Å². The summed E-state index contributed by atoms with van der Waals surface area (Å²) in [5.74, 6) is 0.534. The largest absolute Gasteiger partial charge is 0.494 e. The Morgan fingerprint density at radius 2 is 2.26 bits per heavy atom. The molecule has 0 heterocycles. The van der Waals surface area contributed by atoms with E-state index in [1.54, 1.807) is 18.2 Å². The van der Waals surface area contributed by atoms with E-state index in [4.69, 9.17) is 10.00 Å². The zero-order valence-electron chi connectivity index (χ0n) is 11.5. The average Bonchev–Trinajstić information content (AvgIpc) is 2.44. The second-order valence-corrected chi connectivity index (χ2v) is 4.32. The molecule has 0 aliphatic carbocycles. The van der Waals surface area contributed by atoms with Gasteiger partial charge in [-0.25, -0.2) is 0 Å². The normalized spacial score (nSPS) is 11.4. The predicted molar refractivity (Wildman–Crippen MR) is 74.0 cm³/mol. The Balaban J connectivity index is 2.68. The maximum Gasteiger partial charge on any atom is 0.251 e. The lowest BCUT2D eigenvalue weighted by molar-refractivity contribution is 0.0936. The quantitative estimate of drug-likeness (QED) is 0.820. The lowest BCUT2D eigenvalue weighted by atomic mass is 10.1. The smallest absolute Gasteiger partial charge is 0.251 e. The number of hydrogen-bond donors (Lipinski definition) is 1. The van der Waals surface area contributed by atoms with Gasteiger partial charge in [0.25, 0.3) is 5.91 Å². The van der Waals surface area contributed by atoms with E-state index in [1.165, 1.54) is 0 Å².